The predicted molar refractivity (Wildman–Crippen MR) is 162 cm³/mol. The third-order valence-corrected chi connectivity index (χ3v) is 10.6. The molecule has 2 aliphatic heterocycles. The van der Waals surface area contributed by atoms with Gasteiger partial charge in [0, 0.05) is 56.3 Å². The summed E-state index contributed by atoms with van der Waals surface area (Å²) < 4.78 is 37.8. The Bertz CT molecular complexity index is 1580. The number of ether oxygens (including phenoxy) is 2. The first-order valence-electron chi connectivity index (χ1n) is 14.0. The molecule has 1 saturated heterocycles. The van der Waals surface area contributed by atoms with Crippen molar-refractivity contribution in [2.24, 2.45) is 0 Å². The number of esters is 1. The minimum atomic E-state index is -3.82. The average molecular weight is 627 g/mol. The molecule has 0 atom stereocenters. The third kappa shape index (κ3) is 6.74. The maximum Gasteiger partial charge on any atom is 0.409 e. The minimum absolute atomic E-state index is 0.0500. The number of benzene rings is 2. The molecule has 228 valence electrons. The van der Waals surface area contributed by atoms with Crippen molar-refractivity contribution in [1.29, 1.82) is 0 Å². The topological polar surface area (TPSA) is 126 Å². The number of fused-ring (bicyclic) bond motifs is 1. The highest BCUT2D eigenvalue weighted by Gasteiger charge is 2.32. The number of carbonyl (C=O) groups excluding carboxylic acids is 3. The van der Waals surface area contributed by atoms with Gasteiger partial charge in [-0.2, -0.15) is 4.31 Å². The van der Waals surface area contributed by atoms with Crippen LogP contribution < -0.4 is 5.32 Å². The van der Waals surface area contributed by atoms with E-state index in [1.807, 2.05) is 18.2 Å². The van der Waals surface area contributed by atoms with E-state index < -0.39 is 28.0 Å². The van der Waals surface area contributed by atoms with Crippen molar-refractivity contribution in [2.45, 2.75) is 31.3 Å². The molecule has 3 aromatic rings. The second-order valence-electron chi connectivity index (χ2n) is 10.2. The van der Waals surface area contributed by atoms with E-state index in [1.54, 1.807) is 6.92 Å². The lowest BCUT2D eigenvalue weighted by molar-refractivity contribution is 0.0600. The van der Waals surface area contributed by atoms with E-state index in [-0.39, 0.29) is 43.2 Å². The number of sulfonamides is 1. The van der Waals surface area contributed by atoms with Gasteiger partial charge in [0.25, 0.3) is 5.91 Å². The Balaban J connectivity index is 1.27. The van der Waals surface area contributed by atoms with Crippen LogP contribution in [0.4, 0.5) is 9.80 Å². The number of hydrogen-bond donors (Lipinski definition) is 1. The van der Waals surface area contributed by atoms with E-state index >= 15 is 0 Å². The van der Waals surface area contributed by atoms with Gasteiger partial charge in [-0.1, -0.05) is 30.3 Å². The fourth-order valence-electron chi connectivity index (χ4n) is 5.27. The highest BCUT2D eigenvalue weighted by Crippen LogP contribution is 2.38. The number of anilines is 1. The number of amides is 2. The number of nitrogens with zero attached hydrogens (tertiary/aromatic N) is 3. The second kappa shape index (κ2) is 13.2. The maximum atomic E-state index is 13.2. The van der Waals surface area contributed by atoms with Gasteiger partial charge in [0.2, 0.25) is 10.0 Å². The lowest BCUT2D eigenvalue weighted by Crippen LogP contribution is -2.50. The van der Waals surface area contributed by atoms with Crippen LogP contribution >= 0.6 is 11.3 Å². The molecule has 0 radical (unpaired) electrons. The van der Waals surface area contributed by atoms with Crippen LogP contribution in [0.15, 0.2) is 59.5 Å². The summed E-state index contributed by atoms with van der Waals surface area (Å²) in [6.45, 7) is 4.92. The molecule has 1 aromatic heterocycles. The standard InChI is InChI=1S/C30H34N4O7S2/c1-3-41-30(37)33-15-17-34(18-16-33)43(38,39)23-11-9-22(10-12-23)27(35)31-28-26(29(36)40-2)24-13-14-32(20-25(24)42-28)19-21-7-5-4-6-8-21/h4-12H,3,13-20H2,1-2H3,(H,31,35). The number of rotatable bonds is 8. The van der Waals surface area contributed by atoms with Gasteiger partial charge in [-0.25, -0.2) is 18.0 Å². The molecular weight excluding hydrogens is 592 g/mol. The summed E-state index contributed by atoms with van der Waals surface area (Å²) in [5.41, 5.74) is 2.71. The molecule has 43 heavy (non-hydrogen) atoms. The fourth-order valence-corrected chi connectivity index (χ4v) is 7.96. The second-order valence-corrected chi connectivity index (χ2v) is 13.3. The predicted octanol–water partition coefficient (Wildman–Crippen LogP) is 3.81. The molecule has 0 aliphatic carbocycles. The minimum Gasteiger partial charge on any atom is -0.465 e. The summed E-state index contributed by atoms with van der Waals surface area (Å²) in [6, 6.07) is 15.8. The summed E-state index contributed by atoms with van der Waals surface area (Å²) >= 11 is 1.36. The Kier molecular flexibility index (Phi) is 9.45. The number of hydrogen-bond acceptors (Lipinski definition) is 9. The summed E-state index contributed by atoms with van der Waals surface area (Å²) in [4.78, 5) is 42.8. The van der Waals surface area contributed by atoms with Crippen LogP contribution in [-0.4, -0.2) is 86.9 Å². The van der Waals surface area contributed by atoms with Crippen molar-refractivity contribution in [3.8, 4) is 0 Å². The van der Waals surface area contributed by atoms with Gasteiger partial charge in [0.05, 0.1) is 24.2 Å². The molecule has 1 fully saturated rings. The number of thiophene rings is 1. The highest BCUT2D eigenvalue weighted by molar-refractivity contribution is 7.89. The molecule has 5 rings (SSSR count). The van der Waals surface area contributed by atoms with Crippen LogP contribution in [0.2, 0.25) is 0 Å². The Morgan fingerprint density at radius 3 is 2.30 bits per heavy atom. The molecule has 11 nitrogen and oxygen atoms in total. The number of piperazine rings is 1. The zero-order valence-electron chi connectivity index (χ0n) is 24.1. The van der Waals surface area contributed by atoms with E-state index in [0.29, 0.717) is 23.5 Å². The van der Waals surface area contributed by atoms with Crippen LogP contribution in [0.3, 0.4) is 0 Å². The van der Waals surface area contributed by atoms with Gasteiger partial charge < -0.3 is 19.7 Å². The lowest BCUT2D eigenvalue weighted by Gasteiger charge is -2.33. The summed E-state index contributed by atoms with van der Waals surface area (Å²) in [5, 5.41) is 3.28. The van der Waals surface area contributed by atoms with Crippen molar-refractivity contribution in [2.75, 3.05) is 51.8 Å². The van der Waals surface area contributed by atoms with Crippen LogP contribution in [-0.2, 0) is 39.0 Å². The highest BCUT2D eigenvalue weighted by atomic mass is 32.2. The van der Waals surface area contributed by atoms with Crippen molar-refractivity contribution in [1.82, 2.24) is 14.1 Å². The maximum absolute atomic E-state index is 13.2. The molecule has 0 unspecified atom stereocenters. The van der Waals surface area contributed by atoms with Crippen LogP contribution in [0.1, 0.15) is 43.6 Å². The van der Waals surface area contributed by atoms with Gasteiger partial charge in [0.1, 0.15) is 5.00 Å². The smallest absolute Gasteiger partial charge is 0.409 e. The average Bonchev–Trinajstić information content (AvgIpc) is 3.38. The Hall–Kier alpha value is -3.78. The fraction of sp³-hybridized carbons (Fsp3) is 0.367. The first-order chi connectivity index (χ1) is 20.7. The van der Waals surface area contributed by atoms with E-state index in [4.69, 9.17) is 9.47 Å². The Labute approximate surface area is 255 Å². The van der Waals surface area contributed by atoms with Gasteiger partial charge in [0.15, 0.2) is 0 Å². The Morgan fingerprint density at radius 1 is 0.953 bits per heavy atom. The van der Waals surface area contributed by atoms with Crippen LogP contribution in [0.5, 0.6) is 0 Å². The number of methoxy groups -OCH3 is 1. The zero-order chi connectivity index (χ0) is 30.6. The monoisotopic (exact) mass is 626 g/mol. The molecule has 0 saturated carbocycles. The molecular formula is C30H34N4O7S2. The van der Waals surface area contributed by atoms with E-state index in [9.17, 15) is 22.8 Å². The van der Waals surface area contributed by atoms with Gasteiger partial charge >= 0.3 is 12.1 Å². The van der Waals surface area contributed by atoms with Gasteiger partial charge in [-0.3, -0.25) is 9.69 Å². The molecule has 13 heteroatoms. The van der Waals surface area contributed by atoms with E-state index in [1.165, 1.54) is 57.5 Å². The molecule has 1 N–H and O–H groups in total. The van der Waals surface area contributed by atoms with Crippen LogP contribution in [0.25, 0.3) is 0 Å². The molecule has 0 spiro atoms. The van der Waals surface area contributed by atoms with E-state index in [2.05, 4.69) is 22.3 Å². The van der Waals surface area contributed by atoms with Gasteiger partial charge in [-0.15, -0.1) is 11.3 Å². The Morgan fingerprint density at radius 2 is 1.65 bits per heavy atom. The first-order valence-corrected chi connectivity index (χ1v) is 16.3. The zero-order valence-corrected chi connectivity index (χ0v) is 25.7. The quantitative estimate of drug-likeness (QED) is 0.375. The number of carbonyl (C=O) groups is 3. The van der Waals surface area contributed by atoms with Crippen molar-refractivity contribution >= 4 is 44.3 Å². The largest absolute Gasteiger partial charge is 0.465 e. The third-order valence-electron chi connectivity index (χ3n) is 7.52. The van der Waals surface area contributed by atoms with Crippen molar-refractivity contribution < 1.29 is 32.3 Å². The molecule has 2 aliphatic rings. The molecule has 0 bridgehead atoms. The summed E-state index contributed by atoms with van der Waals surface area (Å²) in [6.07, 6.45) is 0.195. The molecule has 2 aromatic carbocycles. The number of nitrogens with one attached hydrogen (secondary N) is 1. The summed E-state index contributed by atoms with van der Waals surface area (Å²) in [7, 11) is -2.50. The first kappa shape index (κ1) is 30.7. The van der Waals surface area contributed by atoms with Crippen LogP contribution in [0, 0.1) is 0 Å². The lowest BCUT2D eigenvalue weighted by atomic mass is 10.0. The van der Waals surface area contributed by atoms with Crippen molar-refractivity contribution in [3.05, 3.63) is 81.7 Å². The molecule has 2 amide bonds. The summed E-state index contributed by atoms with van der Waals surface area (Å²) in [5.74, 6) is -0.967. The molecule has 3 heterocycles. The normalized spacial score (nSPS) is 15.9. The van der Waals surface area contributed by atoms with Gasteiger partial charge in [-0.05, 0) is 48.7 Å². The SMILES string of the molecule is CCOC(=O)N1CCN(S(=O)(=O)c2ccc(C(=O)Nc3sc4c(c3C(=O)OC)CCN(Cc3ccccc3)C4)cc2)CC1. The van der Waals surface area contributed by atoms with Crippen molar-refractivity contribution in [3.63, 3.8) is 0 Å². The van der Waals surface area contributed by atoms with E-state index in [0.717, 1.165) is 23.5 Å².